The van der Waals surface area contributed by atoms with Crippen LogP contribution < -0.4 is 5.32 Å². The molecule has 0 rings (SSSR count). The van der Waals surface area contributed by atoms with Gasteiger partial charge < -0.3 is 9.84 Å². The van der Waals surface area contributed by atoms with Gasteiger partial charge in [-0.25, -0.2) is 0 Å². The van der Waals surface area contributed by atoms with E-state index in [1.165, 1.54) is 51.4 Å². The second kappa shape index (κ2) is 16.4. The average molecular weight is 343 g/mol. The molecule has 0 aliphatic rings. The van der Waals surface area contributed by atoms with Crippen LogP contribution in [0.3, 0.4) is 0 Å². The fourth-order valence-corrected chi connectivity index (χ4v) is 2.42. The summed E-state index contributed by atoms with van der Waals surface area (Å²) < 4.78 is 4.59. The fourth-order valence-electron chi connectivity index (χ4n) is 2.42. The summed E-state index contributed by atoms with van der Waals surface area (Å²) in [5.74, 6) is -2.33. The van der Waals surface area contributed by atoms with Crippen LogP contribution in [0.4, 0.5) is 0 Å². The number of unbranched alkanes of at least 4 members (excludes halogenated alkanes) is 10. The second-order valence-corrected chi connectivity index (χ2v) is 6.13. The van der Waals surface area contributed by atoms with E-state index < -0.39 is 17.9 Å². The molecule has 0 amide bonds. The number of carboxylic acid groups (broad SMARTS) is 1. The molecule has 24 heavy (non-hydrogen) atoms. The summed E-state index contributed by atoms with van der Waals surface area (Å²) in [7, 11) is 0. The third-order valence-electron chi connectivity index (χ3n) is 3.76. The minimum absolute atomic E-state index is 0.238. The predicted molar refractivity (Wildman–Crippen MR) is 92.7 cm³/mol. The predicted octanol–water partition coefficient (Wildman–Crippen LogP) is 3.43. The van der Waals surface area contributed by atoms with Crippen molar-refractivity contribution in [3.63, 3.8) is 0 Å². The van der Waals surface area contributed by atoms with Crippen molar-refractivity contribution in [2.24, 2.45) is 0 Å². The number of carboxylic acids is 1. The lowest BCUT2D eigenvalue weighted by molar-refractivity contribution is -0.159. The lowest BCUT2D eigenvalue weighted by Gasteiger charge is -2.04. The van der Waals surface area contributed by atoms with Crippen molar-refractivity contribution >= 4 is 17.9 Å². The Morgan fingerprint density at radius 1 is 0.750 bits per heavy atom. The molecule has 0 aromatic carbocycles. The molecule has 0 aliphatic carbocycles. The molecule has 6 heteroatoms. The largest absolute Gasteiger partial charge is 0.480 e. The highest BCUT2D eigenvalue weighted by Gasteiger charge is 2.10. The van der Waals surface area contributed by atoms with E-state index in [4.69, 9.17) is 5.11 Å². The Balaban J connectivity index is 3.34. The van der Waals surface area contributed by atoms with Crippen LogP contribution in [0.5, 0.6) is 0 Å². The standard InChI is InChI=1S/C18H33NO5/c1-2-3-4-5-6-7-8-9-10-11-12-13-17(22)24-18(23)15-19-14-16(20)21/h19H,2-15H2,1H3,(H,20,21). The van der Waals surface area contributed by atoms with Crippen molar-refractivity contribution in [3.05, 3.63) is 0 Å². The summed E-state index contributed by atoms with van der Waals surface area (Å²) in [6.45, 7) is 1.63. The molecule has 0 spiro atoms. The molecule has 6 nitrogen and oxygen atoms in total. The van der Waals surface area contributed by atoms with Gasteiger partial charge in [-0.3, -0.25) is 19.7 Å². The van der Waals surface area contributed by atoms with Gasteiger partial charge in [0, 0.05) is 6.42 Å². The third-order valence-corrected chi connectivity index (χ3v) is 3.76. The zero-order valence-corrected chi connectivity index (χ0v) is 15.0. The van der Waals surface area contributed by atoms with Gasteiger partial charge in [0.1, 0.15) is 0 Å². The Morgan fingerprint density at radius 3 is 1.75 bits per heavy atom. The number of carbonyl (C=O) groups is 3. The van der Waals surface area contributed by atoms with Gasteiger partial charge in [0.25, 0.3) is 0 Å². The van der Waals surface area contributed by atoms with Gasteiger partial charge in [0.15, 0.2) is 0 Å². The van der Waals surface area contributed by atoms with E-state index in [9.17, 15) is 14.4 Å². The highest BCUT2D eigenvalue weighted by atomic mass is 16.6. The molecule has 0 aromatic heterocycles. The minimum Gasteiger partial charge on any atom is -0.480 e. The maximum absolute atomic E-state index is 11.4. The molecule has 140 valence electrons. The van der Waals surface area contributed by atoms with Crippen LogP contribution >= 0.6 is 0 Å². The van der Waals surface area contributed by atoms with Crippen molar-refractivity contribution in [1.29, 1.82) is 0 Å². The van der Waals surface area contributed by atoms with Gasteiger partial charge in [0.05, 0.1) is 13.1 Å². The first kappa shape index (κ1) is 22.6. The van der Waals surface area contributed by atoms with Gasteiger partial charge in [0.2, 0.25) is 0 Å². The Hall–Kier alpha value is -1.43. The molecular weight excluding hydrogens is 310 g/mol. The minimum atomic E-state index is -1.06. The average Bonchev–Trinajstić information content (AvgIpc) is 2.52. The smallest absolute Gasteiger partial charge is 0.327 e. The molecule has 0 saturated carbocycles. The third kappa shape index (κ3) is 16.9. The van der Waals surface area contributed by atoms with E-state index in [-0.39, 0.29) is 19.5 Å². The number of ether oxygens (including phenoxy) is 1. The first-order valence-corrected chi connectivity index (χ1v) is 9.22. The van der Waals surface area contributed by atoms with Gasteiger partial charge in [-0.2, -0.15) is 0 Å². The molecule has 2 N–H and O–H groups in total. The van der Waals surface area contributed by atoms with Crippen LogP contribution in [0.1, 0.15) is 84.0 Å². The van der Waals surface area contributed by atoms with E-state index in [0.717, 1.165) is 19.3 Å². The number of hydrogen-bond donors (Lipinski definition) is 2. The molecule has 0 bridgehead atoms. The van der Waals surface area contributed by atoms with Crippen LogP contribution in [0, 0.1) is 0 Å². The van der Waals surface area contributed by atoms with E-state index >= 15 is 0 Å². The lowest BCUT2D eigenvalue weighted by Crippen LogP contribution is -2.30. The summed E-state index contributed by atoms with van der Waals surface area (Å²) in [5, 5.41) is 10.8. The Kier molecular flexibility index (Phi) is 15.4. The van der Waals surface area contributed by atoms with Crippen molar-refractivity contribution in [2.75, 3.05) is 13.1 Å². The fraction of sp³-hybridized carbons (Fsp3) is 0.833. The van der Waals surface area contributed by atoms with Crippen molar-refractivity contribution in [3.8, 4) is 0 Å². The zero-order valence-electron chi connectivity index (χ0n) is 15.0. The lowest BCUT2D eigenvalue weighted by atomic mass is 10.1. The first-order chi connectivity index (χ1) is 11.6. The first-order valence-electron chi connectivity index (χ1n) is 9.22. The maximum atomic E-state index is 11.4. The van der Waals surface area contributed by atoms with Crippen molar-refractivity contribution < 1.29 is 24.2 Å². The Labute approximate surface area is 145 Å². The SMILES string of the molecule is CCCCCCCCCCCCCC(=O)OC(=O)CNCC(=O)O. The number of hydrogen-bond acceptors (Lipinski definition) is 5. The van der Waals surface area contributed by atoms with Crippen LogP contribution in [0.2, 0.25) is 0 Å². The van der Waals surface area contributed by atoms with Crippen LogP contribution in [-0.2, 0) is 19.1 Å². The number of nitrogens with one attached hydrogen (secondary N) is 1. The van der Waals surface area contributed by atoms with Crippen molar-refractivity contribution in [2.45, 2.75) is 84.0 Å². The highest BCUT2D eigenvalue weighted by molar-refractivity contribution is 5.86. The van der Waals surface area contributed by atoms with Gasteiger partial charge in [-0.05, 0) is 6.42 Å². The number of aliphatic carboxylic acids is 1. The van der Waals surface area contributed by atoms with Crippen molar-refractivity contribution in [1.82, 2.24) is 5.32 Å². The van der Waals surface area contributed by atoms with Crippen LogP contribution in [-0.4, -0.2) is 36.1 Å². The Bertz CT molecular complexity index is 357. The summed E-state index contributed by atoms with van der Waals surface area (Å²) in [6.07, 6.45) is 13.4. The van der Waals surface area contributed by atoms with E-state index in [2.05, 4.69) is 17.0 Å². The zero-order chi connectivity index (χ0) is 18.0. The highest BCUT2D eigenvalue weighted by Crippen LogP contribution is 2.12. The second-order valence-electron chi connectivity index (χ2n) is 6.13. The number of carbonyl (C=O) groups excluding carboxylic acids is 2. The van der Waals surface area contributed by atoms with Gasteiger partial charge in [-0.1, -0.05) is 71.1 Å². The summed E-state index contributed by atoms with van der Waals surface area (Å²) in [4.78, 5) is 32.9. The van der Waals surface area contributed by atoms with E-state index in [0.29, 0.717) is 0 Å². The van der Waals surface area contributed by atoms with Gasteiger partial charge in [-0.15, -0.1) is 0 Å². The monoisotopic (exact) mass is 343 g/mol. The topological polar surface area (TPSA) is 92.7 Å². The molecule has 0 radical (unpaired) electrons. The van der Waals surface area contributed by atoms with Crippen LogP contribution in [0.15, 0.2) is 0 Å². The molecule has 0 unspecified atom stereocenters. The summed E-state index contributed by atoms with van der Waals surface area (Å²) in [6, 6.07) is 0. The summed E-state index contributed by atoms with van der Waals surface area (Å²) in [5.41, 5.74) is 0. The van der Waals surface area contributed by atoms with E-state index in [1.54, 1.807) is 0 Å². The van der Waals surface area contributed by atoms with E-state index in [1.807, 2.05) is 0 Å². The maximum Gasteiger partial charge on any atom is 0.327 e. The molecular formula is C18H33NO5. The molecule has 0 aromatic rings. The molecule has 0 heterocycles. The summed E-state index contributed by atoms with van der Waals surface area (Å²) >= 11 is 0. The number of rotatable bonds is 16. The van der Waals surface area contributed by atoms with Gasteiger partial charge >= 0.3 is 17.9 Å². The normalized spacial score (nSPS) is 10.5. The Morgan fingerprint density at radius 2 is 1.25 bits per heavy atom. The van der Waals surface area contributed by atoms with Crippen LogP contribution in [0.25, 0.3) is 0 Å². The molecule has 0 aliphatic heterocycles. The molecule has 0 atom stereocenters. The molecule has 0 saturated heterocycles. The quantitative estimate of drug-likeness (QED) is 0.253. The molecule has 0 fully saturated rings. The number of esters is 2.